The first-order valence-corrected chi connectivity index (χ1v) is 6.49. The minimum absolute atomic E-state index is 0.605. The Morgan fingerprint density at radius 3 is 3.00 bits per heavy atom. The smallest absolute Gasteiger partial charge is 0.140 e. The molecule has 0 atom stereocenters. The SMILES string of the molecule is CC(C)Cn1ncnc1CNCCCBr. The van der Waals surface area contributed by atoms with Crippen LogP contribution < -0.4 is 5.32 Å². The molecular formula is C10H19BrN4. The van der Waals surface area contributed by atoms with Gasteiger partial charge in [0.15, 0.2) is 0 Å². The van der Waals surface area contributed by atoms with Gasteiger partial charge in [0, 0.05) is 11.9 Å². The van der Waals surface area contributed by atoms with Crippen LogP contribution in [0, 0.1) is 5.92 Å². The number of hydrogen-bond acceptors (Lipinski definition) is 3. The van der Waals surface area contributed by atoms with Gasteiger partial charge in [-0.25, -0.2) is 9.67 Å². The fourth-order valence-electron chi connectivity index (χ4n) is 1.32. The van der Waals surface area contributed by atoms with E-state index in [1.807, 2.05) is 4.68 Å². The molecule has 0 unspecified atom stereocenters. The summed E-state index contributed by atoms with van der Waals surface area (Å²) in [6.45, 7) is 7.13. The number of rotatable bonds is 7. The van der Waals surface area contributed by atoms with Crippen molar-refractivity contribution in [3.05, 3.63) is 12.2 Å². The van der Waals surface area contributed by atoms with Crippen molar-refractivity contribution in [2.24, 2.45) is 5.92 Å². The van der Waals surface area contributed by atoms with Gasteiger partial charge < -0.3 is 5.32 Å². The summed E-state index contributed by atoms with van der Waals surface area (Å²) >= 11 is 3.40. The van der Waals surface area contributed by atoms with Crippen molar-refractivity contribution in [1.82, 2.24) is 20.1 Å². The molecule has 0 saturated heterocycles. The molecule has 0 fully saturated rings. The zero-order valence-electron chi connectivity index (χ0n) is 9.41. The summed E-state index contributed by atoms with van der Waals surface area (Å²) in [5.41, 5.74) is 0. The second kappa shape index (κ2) is 6.95. The summed E-state index contributed by atoms with van der Waals surface area (Å²) in [4.78, 5) is 4.24. The average Bonchev–Trinajstić information content (AvgIpc) is 2.59. The lowest BCUT2D eigenvalue weighted by molar-refractivity contribution is 0.458. The molecule has 0 aliphatic heterocycles. The van der Waals surface area contributed by atoms with Crippen LogP contribution >= 0.6 is 15.9 Å². The van der Waals surface area contributed by atoms with Crippen LogP contribution in [0.3, 0.4) is 0 Å². The molecule has 1 aromatic heterocycles. The highest BCUT2D eigenvalue weighted by Gasteiger charge is 2.04. The van der Waals surface area contributed by atoms with E-state index in [-0.39, 0.29) is 0 Å². The maximum atomic E-state index is 4.24. The molecule has 1 heterocycles. The molecule has 15 heavy (non-hydrogen) atoms. The second-order valence-electron chi connectivity index (χ2n) is 3.97. The van der Waals surface area contributed by atoms with Gasteiger partial charge in [0.25, 0.3) is 0 Å². The summed E-state index contributed by atoms with van der Waals surface area (Å²) in [5.74, 6) is 1.63. The highest BCUT2D eigenvalue weighted by Crippen LogP contribution is 2.00. The second-order valence-corrected chi connectivity index (χ2v) is 4.76. The van der Waals surface area contributed by atoms with Gasteiger partial charge in [-0.05, 0) is 18.9 Å². The maximum absolute atomic E-state index is 4.24. The summed E-state index contributed by atoms with van der Waals surface area (Å²) in [6.07, 6.45) is 2.77. The third-order valence-corrected chi connectivity index (χ3v) is 2.56. The first-order chi connectivity index (χ1) is 7.24. The Labute approximate surface area is 99.6 Å². The van der Waals surface area contributed by atoms with Crippen molar-refractivity contribution < 1.29 is 0 Å². The summed E-state index contributed by atoms with van der Waals surface area (Å²) < 4.78 is 1.98. The van der Waals surface area contributed by atoms with Crippen molar-refractivity contribution >= 4 is 15.9 Å². The first-order valence-electron chi connectivity index (χ1n) is 5.37. The maximum Gasteiger partial charge on any atom is 0.140 e. The van der Waals surface area contributed by atoms with E-state index in [2.05, 4.69) is 45.2 Å². The molecule has 0 bridgehead atoms. The quantitative estimate of drug-likeness (QED) is 0.609. The fourth-order valence-corrected chi connectivity index (χ4v) is 1.60. The molecule has 0 aliphatic rings. The molecule has 4 nitrogen and oxygen atoms in total. The van der Waals surface area contributed by atoms with Gasteiger partial charge in [-0.2, -0.15) is 5.10 Å². The topological polar surface area (TPSA) is 42.7 Å². The molecule has 0 spiro atoms. The normalized spacial score (nSPS) is 11.2. The molecule has 0 amide bonds. The van der Waals surface area contributed by atoms with E-state index in [1.165, 1.54) is 0 Å². The van der Waals surface area contributed by atoms with Crippen molar-refractivity contribution in [2.45, 2.75) is 33.4 Å². The minimum Gasteiger partial charge on any atom is -0.310 e. The monoisotopic (exact) mass is 274 g/mol. The predicted molar refractivity (Wildman–Crippen MR) is 65.0 cm³/mol. The Morgan fingerprint density at radius 1 is 1.53 bits per heavy atom. The molecule has 1 aromatic rings. The molecule has 1 N–H and O–H groups in total. The molecule has 5 heteroatoms. The number of nitrogens with zero attached hydrogens (tertiary/aromatic N) is 3. The van der Waals surface area contributed by atoms with Crippen molar-refractivity contribution in [2.75, 3.05) is 11.9 Å². The Hall–Kier alpha value is -0.420. The number of alkyl halides is 1. The number of hydrogen-bond donors (Lipinski definition) is 1. The van der Waals surface area contributed by atoms with Crippen LogP contribution in [0.2, 0.25) is 0 Å². The molecule has 0 aliphatic carbocycles. The van der Waals surface area contributed by atoms with E-state index in [4.69, 9.17) is 0 Å². The van der Waals surface area contributed by atoms with Gasteiger partial charge in [0.2, 0.25) is 0 Å². The van der Waals surface area contributed by atoms with Gasteiger partial charge in [-0.1, -0.05) is 29.8 Å². The lowest BCUT2D eigenvalue weighted by Crippen LogP contribution is -2.20. The molecule has 0 aromatic carbocycles. The highest BCUT2D eigenvalue weighted by atomic mass is 79.9. The number of nitrogens with one attached hydrogen (secondary N) is 1. The highest BCUT2D eigenvalue weighted by molar-refractivity contribution is 9.09. The number of halogens is 1. The Kier molecular flexibility index (Phi) is 5.86. The van der Waals surface area contributed by atoms with Gasteiger partial charge in [0.05, 0.1) is 6.54 Å². The predicted octanol–water partition coefficient (Wildman–Crippen LogP) is 1.81. The minimum atomic E-state index is 0.605. The largest absolute Gasteiger partial charge is 0.310 e. The van der Waals surface area contributed by atoms with Gasteiger partial charge >= 0.3 is 0 Å². The average molecular weight is 275 g/mol. The Balaban J connectivity index is 2.36. The molecule has 0 radical (unpaired) electrons. The van der Waals surface area contributed by atoms with Gasteiger partial charge in [-0.3, -0.25) is 0 Å². The summed E-state index contributed by atoms with van der Waals surface area (Å²) in [7, 11) is 0. The van der Waals surface area contributed by atoms with Crippen LogP contribution in [-0.2, 0) is 13.1 Å². The fraction of sp³-hybridized carbons (Fsp3) is 0.800. The van der Waals surface area contributed by atoms with Gasteiger partial charge in [0.1, 0.15) is 12.2 Å². The lowest BCUT2D eigenvalue weighted by Gasteiger charge is -2.08. The van der Waals surface area contributed by atoms with Crippen LogP contribution in [0.5, 0.6) is 0 Å². The van der Waals surface area contributed by atoms with Crippen LogP contribution in [0.25, 0.3) is 0 Å². The molecular weight excluding hydrogens is 256 g/mol. The zero-order chi connectivity index (χ0) is 11.1. The lowest BCUT2D eigenvalue weighted by atomic mass is 10.2. The number of aromatic nitrogens is 3. The van der Waals surface area contributed by atoms with E-state index >= 15 is 0 Å². The van der Waals surface area contributed by atoms with Crippen molar-refractivity contribution in [1.29, 1.82) is 0 Å². The van der Waals surface area contributed by atoms with Crippen LogP contribution in [0.4, 0.5) is 0 Å². The van der Waals surface area contributed by atoms with Crippen LogP contribution in [0.15, 0.2) is 6.33 Å². The molecule has 0 saturated carbocycles. The Morgan fingerprint density at radius 2 is 2.33 bits per heavy atom. The van der Waals surface area contributed by atoms with Crippen LogP contribution in [0.1, 0.15) is 26.1 Å². The van der Waals surface area contributed by atoms with E-state index in [9.17, 15) is 0 Å². The van der Waals surface area contributed by atoms with E-state index in [0.717, 1.165) is 37.2 Å². The summed E-state index contributed by atoms with van der Waals surface area (Å²) in [6, 6.07) is 0. The van der Waals surface area contributed by atoms with Gasteiger partial charge in [-0.15, -0.1) is 0 Å². The first kappa shape index (κ1) is 12.6. The molecule has 86 valence electrons. The third kappa shape index (κ3) is 4.75. The van der Waals surface area contributed by atoms with E-state index < -0.39 is 0 Å². The third-order valence-electron chi connectivity index (χ3n) is 2.00. The standard InChI is InChI=1S/C10H19BrN4/c1-9(2)7-15-10(13-8-14-15)6-12-5-3-4-11/h8-9,12H,3-7H2,1-2H3. The summed E-state index contributed by atoms with van der Waals surface area (Å²) in [5, 5.41) is 8.60. The molecule has 1 rings (SSSR count). The van der Waals surface area contributed by atoms with Crippen molar-refractivity contribution in [3.63, 3.8) is 0 Å². The van der Waals surface area contributed by atoms with E-state index in [1.54, 1.807) is 6.33 Å². The van der Waals surface area contributed by atoms with E-state index in [0.29, 0.717) is 5.92 Å². The van der Waals surface area contributed by atoms with Crippen molar-refractivity contribution in [3.8, 4) is 0 Å². The van der Waals surface area contributed by atoms with Crippen LogP contribution in [-0.4, -0.2) is 26.6 Å². The zero-order valence-corrected chi connectivity index (χ0v) is 11.0. The Bertz CT molecular complexity index is 272.